The molecule has 5 nitrogen and oxygen atoms in total. The number of nitrogens with two attached hydrogens (primary N) is 1. The minimum absolute atomic E-state index is 0. The monoisotopic (exact) mass is 370 g/mol. The smallest absolute Gasteiger partial charge is 0.270 e. The number of halogens is 2. The summed E-state index contributed by atoms with van der Waals surface area (Å²) in [6.45, 7) is 10.0. The quantitative estimate of drug-likeness (QED) is 0.700. The van der Waals surface area contributed by atoms with Gasteiger partial charge in [0.2, 0.25) is 0 Å². The Morgan fingerprint density at radius 3 is 2.55 bits per heavy atom. The third-order valence-electron chi connectivity index (χ3n) is 3.34. The Bertz CT molecular complexity index is 413. The Hall–Kier alpha value is -0.400. The minimum atomic E-state index is -0.101. The Kier molecular flexibility index (Phi) is 14.2. The SMILES string of the molecule is CCN(CC)CCCC(C)NC(=O)c1csc(CN)n1.Cl.Cl. The molecular weight excluding hydrogens is 343 g/mol. The van der Waals surface area contributed by atoms with E-state index in [1.165, 1.54) is 11.3 Å². The largest absolute Gasteiger partial charge is 0.348 e. The second-order valence-electron chi connectivity index (χ2n) is 4.87. The molecule has 1 heterocycles. The number of nitrogens with zero attached hydrogens (tertiary/aromatic N) is 2. The van der Waals surface area contributed by atoms with Crippen LogP contribution in [0.15, 0.2) is 5.38 Å². The molecule has 22 heavy (non-hydrogen) atoms. The molecule has 0 radical (unpaired) electrons. The van der Waals surface area contributed by atoms with Crippen LogP contribution < -0.4 is 11.1 Å². The Morgan fingerprint density at radius 1 is 1.41 bits per heavy atom. The van der Waals surface area contributed by atoms with E-state index in [0.717, 1.165) is 37.5 Å². The van der Waals surface area contributed by atoms with Crippen molar-refractivity contribution in [2.45, 2.75) is 46.2 Å². The molecule has 1 atom stereocenters. The highest BCUT2D eigenvalue weighted by Crippen LogP contribution is 2.09. The first-order valence-corrected chi connectivity index (χ1v) is 8.16. The number of hydrogen-bond acceptors (Lipinski definition) is 5. The second kappa shape index (κ2) is 13.1. The van der Waals surface area contributed by atoms with Gasteiger partial charge in [0.15, 0.2) is 0 Å². The van der Waals surface area contributed by atoms with E-state index in [4.69, 9.17) is 5.73 Å². The lowest BCUT2D eigenvalue weighted by Gasteiger charge is -2.19. The first-order chi connectivity index (χ1) is 9.60. The van der Waals surface area contributed by atoms with Gasteiger partial charge in [-0.25, -0.2) is 4.98 Å². The molecule has 0 saturated carbocycles. The second-order valence-corrected chi connectivity index (χ2v) is 5.82. The van der Waals surface area contributed by atoms with Crippen LogP contribution in [0, 0.1) is 0 Å². The molecule has 130 valence electrons. The highest BCUT2D eigenvalue weighted by Gasteiger charge is 2.13. The molecule has 1 aromatic rings. The van der Waals surface area contributed by atoms with E-state index in [1.807, 2.05) is 6.92 Å². The first kappa shape index (κ1) is 23.9. The van der Waals surface area contributed by atoms with Crippen LogP contribution in [0.25, 0.3) is 0 Å². The lowest BCUT2D eigenvalue weighted by Crippen LogP contribution is -2.33. The molecule has 1 amide bonds. The maximum Gasteiger partial charge on any atom is 0.270 e. The van der Waals surface area contributed by atoms with E-state index >= 15 is 0 Å². The molecule has 3 N–H and O–H groups in total. The van der Waals surface area contributed by atoms with E-state index < -0.39 is 0 Å². The predicted molar refractivity (Wildman–Crippen MR) is 98.5 cm³/mol. The molecule has 0 spiro atoms. The highest BCUT2D eigenvalue weighted by atomic mass is 35.5. The summed E-state index contributed by atoms with van der Waals surface area (Å²) in [7, 11) is 0. The number of aromatic nitrogens is 1. The van der Waals surface area contributed by atoms with Gasteiger partial charge >= 0.3 is 0 Å². The van der Waals surface area contributed by atoms with Crippen LogP contribution in [0.5, 0.6) is 0 Å². The van der Waals surface area contributed by atoms with Crippen LogP contribution in [0.1, 0.15) is 49.1 Å². The van der Waals surface area contributed by atoms with Gasteiger partial charge in [-0.3, -0.25) is 4.79 Å². The van der Waals surface area contributed by atoms with Crippen molar-refractivity contribution >= 4 is 42.1 Å². The molecule has 0 aromatic carbocycles. The van der Waals surface area contributed by atoms with Gasteiger partial charge in [-0.05, 0) is 39.4 Å². The predicted octanol–water partition coefficient (Wildman–Crippen LogP) is 2.69. The Balaban J connectivity index is 0. The fourth-order valence-corrected chi connectivity index (χ4v) is 2.69. The van der Waals surface area contributed by atoms with Crippen molar-refractivity contribution in [3.63, 3.8) is 0 Å². The van der Waals surface area contributed by atoms with Crippen LogP contribution in [-0.2, 0) is 6.54 Å². The number of carbonyl (C=O) groups is 1. The maximum atomic E-state index is 12.0. The molecule has 0 aliphatic rings. The van der Waals surface area contributed by atoms with Crippen molar-refractivity contribution in [3.8, 4) is 0 Å². The molecule has 0 bridgehead atoms. The molecule has 1 aromatic heterocycles. The molecule has 0 aliphatic carbocycles. The summed E-state index contributed by atoms with van der Waals surface area (Å²) < 4.78 is 0. The third-order valence-corrected chi connectivity index (χ3v) is 4.21. The molecule has 0 saturated heterocycles. The standard InChI is InChI=1S/C14H26N4OS.2ClH/c1-4-18(5-2)8-6-7-11(3)16-14(19)12-10-20-13(9-15)17-12;;/h10-11H,4-9,15H2,1-3H3,(H,16,19);2*1H. The van der Waals surface area contributed by atoms with Gasteiger partial charge in [0.1, 0.15) is 10.7 Å². The fraction of sp³-hybridized carbons (Fsp3) is 0.714. The van der Waals surface area contributed by atoms with Gasteiger partial charge in [0.25, 0.3) is 5.91 Å². The summed E-state index contributed by atoms with van der Waals surface area (Å²) in [6.07, 6.45) is 2.07. The summed E-state index contributed by atoms with van der Waals surface area (Å²) in [6, 6.07) is 0.168. The van der Waals surface area contributed by atoms with Crippen molar-refractivity contribution in [1.82, 2.24) is 15.2 Å². The number of carbonyl (C=O) groups excluding carboxylic acids is 1. The number of hydrogen-bond donors (Lipinski definition) is 2. The maximum absolute atomic E-state index is 12.0. The summed E-state index contributed by atoms with van der Waals surface area (Å²) in [5.74, 6) is -0.101. The summed E-state index contributed by atoms with van der Waals surface area (Å²) in [5, 5.41) is 5.55. The number of rotatable bonds is 9. The molecule has 1 rings (SSSR count). The van der Waals surface area contributed by atoms with E-state index in [9.17, 15) is 4.79 Å². The topological polar surface area (TPSA) is 71.2 Å². The molecule has 1 unspecified atom stereocenters. The zero-order valence-electron chi connectivity index (χ0n) is 13.5. The van der Waals surface area contributed by atoms with Gasteiger partial charge in [0.05, 0.1) is 0 Å². The first-order valence-electron chi connectivity index (χ1n) is 7.28. The van der Waals surface area contributed by atoms with Crippen molar-refractivity contribution in [1.29, 1.82) is 0 Å². The van der Waals surface area contributed by atoms with Crippen LogP contribution >= 0.6 is 36.2 Å². The number of thiazole rings is 1. The van der Waals surface area contributed by atoms with Gasteiger partial charge in [-0.2, -0.15) is 0 Å². The van der Waals surface area contributed by atoms with Gasteiger partial charge in [-0.1, -0.05) is 13.8 Å². The third kappa shape index (κ3) is 8.29. The van der Waals surface area contributed by atoms with Crippen molar-refractivity contribution in [3.05, 3.63) is 16.1 Å². The zero-order chi connectivity index (χ0) is 15.0. The summed E-state index contributed by atoms with van der Waals surface area (Å²) >= 11 is 1.43. The Labute approximate surface area is 149 Å². The van der Waals surface area contributed by atoms with Crippen molar-refractivity contribution < 1.29 is 4.79 Å². The van der Waals surface area contributed by atoms with Gasteiger partial charge in [0, 0.05) is 18.0 Å². The number of nitrogens with one attached hydrogen (secondary N) is 1. The normalized spacial score (nSPS) is 11.5. The van der Waals surface area contributed by atoms with Crippen LogP contribution in [-0.4, -0.2) is 41.5 Å². The van der Waals surface area contributed by atoms with E-state index in [-0.39, 0.29) is 36.8 Å². The van der Waals surface area contributed by atoms with E-state index in [1.54, 1.807) is 5.38 Å². The van der Waals surface area contributed by atoms with Crippen LogP contribution in [0.3, 0.4) is 0 Å². The molecule has 0 aliphatic heterocycles. The number of amides is 1. The van der Waals surface area contributed by atoms with Crippen molar-refractivity contribution in [2.24, 2.45) is 5.73 Å². The van der Waals surface area contributed by atoms with Crippen molar-refractivity contribution in [2.75, 3.05) is 19.6 Å². The van der Waals surface area contributed by atoms with E-state index in [0.29, 0.717) is 12.2 Å². The Morgan fingerprint density at radius 2 is 2.05 bits per heavy atom. The average molecular weight is 371 g/mol. The fourth-order valence-electron chi connectivity index (χ4n) is 2.04. The van der Waals surface area contributed by atoms with E-state index in [2.05, 4.69) is 29.0 Å². The summed E-state index contributed by atoms with van der Waals surface area (Å²) in [5.41, 5.74) is 5.97. The van der Waals surface area contributed by atoms with Crippen LogP contribution in [0.2, 0.25) is 0 Å². The lowest BCUT2D eigenvalue weighted by atomic mass is 10.1. The minimum Gasteiger partial charge on any atom is -0.348 e. The average Bonchev–Trinajstić information content (AvgIpc) is 2.92. The molecule has 0 fully saturated rings. The zero-order valence-corrected chi connectivity index (χ0v) is 16.0. The molecule has 8 heteroatoms. The highest BCUT2D eigenvalue weighted by molar-refractivity contribution is 7.09. The lowest BCUT2D eigenvalue weighted by molar-refractivity contribution is 0.0932. The van der Waals surface area contributed by atoms with Crippen LogP contribution in [0.4, 0.5) is 0 Å². The van der Waals surface area contributed by atoms with Gasteiger partial charge < -0.3 is 16.0 Å². The summed E-state index contributed by atoms with van der Waals surface area (Å²) in [4.78, 5) is 18.6. The van der Waals surface area contributed by atoms with Gasteiger partial charge in [-0.15, -0.1) is 36.2 Å². The molecular formula is C14H28Cl2N4OS.